The molecule has 2 heterocycles. The molecule has 0 aromatic carbocycles. The lowest BCUT2D eigenvalue weighted by atomic mass is 10.1. The Balaban J connectivity index is 2.45. The number of aryl methyl sites for hydroxylation is 1. The maximum atomic E-state index is 12.4. The number of thiocarbonyl (C=S) groups is 1. The predicted molar refractivity (Wildman–Crippen MR) is 85.5 cm³/mol. The van der Waals surface area contributed by atoms with Crippen LogP contribution in [-0.4, -0.2) is 32.9 Å². The Bertz CT molecular complexity index is 685. The van der Waals surface area contributed by atoms with Crippen LogP contribution in [0.25, 0.3) is 6.08 Å². The van der Waals surface area contributed by atoms with Crippen LogP contribution in [-0.2, 0) is 16.6 Å². The van der Waals surface area contributed by atoms with E-state index >= 15 is 0 Å². The second kappa shape index (κ2) is 5.65. The Morgan fingerprint density at radius 2 is 2.05 bits per heavy atom. The van der Waals surface area contributed by atoms with Crippen molar-refractivity contribution in [1.82, 2.24) is 14.8 Å². The van der Waals surface area contributed by atoms with Crippen LogP contribution in [0.4, 0.5) is 0 Å². The molecule has 21 heavy (non-hydrogen) atoms. The minimum atomic E-state index is -0.466. The van der Waals surface area contributed by atoms with Crippen LogP contribution >= 0.6 is 12.2 Å². The number of nitrogens with one attached hydrogen (secondary N) is 1. The molecule has 1 fully saturated rings. The monoisotopic (exact) mass is 303 g/mol. The van der Waals surface area contributed by atoms with E-state index < -0.39 is 11.8 Å². The maximum absolute atomic E-state index is 12.4. The zero-order chi connectivity index (χ0) is 15.7. The summed E-state index contributed by atoms with van der Waals surface area (Å²) in [4.78, 5) is 25.7. The van der Waals surface area contributed by atoms with Gasteiger partial charge in [-0.15, -0.1) is 6.58 Å². The molecule has 1 aliphatic rings. The van der Waals surface area contributed by atoms with E-state index in [0.29, 0.717) is 0 Å². The molecule has 0 bridgehead atoms. The molecule has 2 amide bonds. The number of carbonyl (C=O) groups excluding carboxylic acids is 2. The SMILES string of the molecule is C=CCN1C(=O)/C(=C/c2cc(C)n(C)c2C)C(=O)NC1=S. The van der Waals surface area contributed by atoms with Crippen molar-refractivity contribution in [3.63, 3.8) is 0 Å². The molecule has 1 aliphatic heterocycles. The average Bonchev–Trinajstić information content (AvgIpc) is 2.67. The lowest BCUT2D eigenvalue weighted by Crippen LogP contribution is -2.53. The van der Waals surface area contributed by atoms with Crippen LogP contribution in [0.2, 0.25) is 0 Å². The summed E-state index contributed by atoms with van der Waals surface area (Å²) >= 11 is 5.01. The van der Waals surface area contributed by atoms with E-state index in [-0.39, 0.29) is 17.2 Å². The Kier molecular flexibility index (Phi) is 4.09. The van der Waals surface area contributed by atoms with E-state index in [1.54, 1.807) is 12.2 Å². The van der Waals surface area contributed by atoms with Gasteiger partial charge in [0.25, 0.3) is 11.8 Å². The summed E-state index contributed by atoms with van der Waals surface area (Å²) in [5, 5.41) is 2.64. The first kappa shape index (κ1) is 15.2. The third-order valence-corrected chi connectivity index (χ3v) is 3.93. The van der Waals surface area contributed by atoms with Gasteiger partial charge in [-0.3, -0.25) is 19.8 Å². The van der Waals surface area contributed by atoms with E-state index in [2.05, 4.69) is 11.9 Å². The van der Waals surface area contributed by atoms with Gasteiger partial charge in [-0.25, -0.2) is 0 Å². The first-order valence-electron chi connectivity index (χ1n) is 6.49. The van der Waals surface area contributed by atoms with Gasteiger partial charge in [-0.05, 0) is 43.8 Å². The third kappa shape index (κ3) is 2.67. The quantitative estimate of drug-likeness (QED) is 0.398. The number of carbonyl (C=O) groups is 2. The van der Waals surface area contributed by atoms with Gasteiger partial charge in [0.1, 0.15) is 5.57 Å². The van der Waals surface area contributed by atoms with Crippen molar-refractivity contribution < 1.29 is 9.59 Å². The molecular weight excluding hydrogens is 286 g/mol. The molecular formula is C15H17N3O2S. The summed E-state index contributed by atoms with van der Waals surface area (Å²) in [6.07, 6.45) is 3.18. The normalized spacial score (nSPS) is 17.4. The summed E-state index contributed by atoms with van der Waals surface area (Å²) < 4.78 is 2.00. The minimum Gasteiger partial charge on any atom is -0.352 e. The van der Waals surface area contributed by atoms with Gasteiger partial charge in [0.05, 0.1) is 0 Å². The summed E-state index contributed by atoms with van der Waals surface area (Å²) in [7, 11) is 1.94. The van der Waals surface area contributed by atoms with Gasteiger partial charge in [0.15, 0.2) is 5.11 Å². The topological polar surface area (TPSA) is 54.3 Å². The van der Waals surface area contributed by atoms with Crippen LogP contribution < -0.4 is 5.32 Å². The molecule has 1 N–H and O–H groups in total. The van der Waals surface area contributed by atoms with E-state index in [1.165, 1.54) is 4.90 Å². The molecule has 0 unspecified atom stereocenters. The van der Waals surface area contributed by atoms with Gasteiger partial charge in [0, 0.05) is 25.0 Å². The zero-order valence-electron chi connectivity index (χ0n) is 12.3. The van der Waals surface area contributed by atoms with Gasteiger partial charge >= 0.3 is 0 Å². The lowest BCUT2D eigenvalue weighted by Gasteiger charge is -2.27. The van der Waals surface area contributed by atoms with E-state index in [9.17, 15) is 9.59 Å². The molecule has 6 heteroatoms. The summed E-state index contributed by atoms with van der Waals surface area (Å²) in [6.45, 7) is 7.77. The molecule has 1 saturated heterocycles. The predicted octanol–water partition coefficient (Wildman–Crippen LogP) is 1.45. The van der Waals surface area contributed by atoms with Gasteiger partial charge in [-0.2, -0.15) is 0 Å². The Hall–Kier alpha value is -2.21. The fourth-order valence-electron chi connectivity index (χ4n) is 2.17. The fraction of sp³-hybridized carbons (Fsp3) is 0.267. The van der Waals surface area contributed by atoms with Crippen molar-refractivity contribution in [2.75, 3.05) is 6.54 Å². The molecule has 0 atom stereocenters. The van der Waals surface area contributed by atoms with Crippen LogP contribution in [0.15, 0.2) is 24.3 Å². The van der Waals surface area contributed by atoms with Crippen LogP contribution in [0.3, 0.4) is 0 Å². The second-order valence-corrected chi connectivity index (χ2v) is 5.29. The highest BCUT2D eigenvalue weighted by molar-refractivity contribution is 7.80. The Morgan fingerprint density at radius 1 is 1.38 bits per heavy atom. The number of nitrogens with zero attached hydrogens (tertiary/aromatic N) is 2. The van der Waals surface area contributed by atoms with Crippen LogP contribution in [0.5, 0.6) is 0 Å². The largest absolute Gasteiger partial charge is 0.352 e. The number of hydrogen-bond donors (Lipinski definition) is 1. The lowest BCUT2D eigenvalue weighted by molar-refractivity contribution is -0.128. The second-order valence-electron chi connectivity index (χ2n) is 4.91. The van der Waals surface area contributed by atoms with E-state index in [0.717, 1.165) is 17.0 Å². The number of amides is 2. The summed E-state index contributed by atoms with van der Waals surface area (Å²) in [5.41, 5.74) is 2.98. The van der Waals surface area contributed by atoms with Crippen molar-refractivity contribution in [3.8, 4) is 0 Å². The number of rotatable bonds is 3. The van der Waals surface area contributed by atoms with Crippen molar-refractivity contribution in [2.24, 2.45) is 7.05 Å². The van der Waals surface area contributed by atoms with Gasteiger partial charge < -0.3 is 4.57 Å². The molecule has 1 aromatic heterocycles. The fourth-order valence-corrected chi connectivity index (χ4v) is 2.43. The molecule has 0 spiro atoms. The van der Waals surface area contributed by atoms with E-state index in [1.807, 2.05) is 31.5 Å². The first-order chi connectivity index (χ1) is 9.86. The number of hydrogen-bond acceptors (Lipinski definition) is 3. The first-order valence-corrected chi connectivity index (χ1v) is 6.90. The van der Waals surface area contributed by atoms with Crippen LogP contribution in [0.1, 0.15) is 17.0 Å². The standard InChI is InChI=1S/C15H17N3O2S/c1-5-6-18-14(20)12(13(19)16-15(18)21)8-11-7-9(2)17(4)10(11)3/h5,7-8H,1,6H2,2-4H3,(H,16,19,21)/b12-8+. The van der Waals surface area contributed by atoms with Crippen molar-refractivity contribution in [3.05, 3.63) is 41.2 Å². The molecule has 2 rings (SSSR count). The summed E-state index contributed by atoms with van der Waals surface area (Å²) in [6, 6.07) is 1.94. The molecule has 1 aromatic rings. The zero-order valence-corrected chi connectivity index (χ0v) is 13.1. The Labute approximate surface area is 128 Å². The Morgan fingerprint density at radius 3 is 2.57 bits per heavy atom. The highest BCUT2D eigenvalue weighted by Crippen LogP contribution is 2.19. The van der Waals surface area contributed by atoms with Gasteiger partial charge in [0.2, 0.25) is 0 Å². The highest BCUT2D eigenvalue weighted by atomic mass is 32.1. The smallest absolute Gasteiger partial charge is 0.265 e. The molecule has 110 valence electrons. The molecule has 0 saturated carbocycles. The van der Waals surface area contributed by atoms with Gasteiger partial charge in [-0.1, -0.05) is 6.08 Å². The molecule has 0 radical (unpaired) electrons. The minimum absolute atomic E-state index is 0.0825. The highest BCUT2D eigenvalue weighted by Gasteiger charge is 2.32. The summed E-state index contributed by atoms with van der Waals surface area (Å²) in [5.74, 6) is -0.865. The number of aromatic nitrogens is 1. The van der Waals surface area contributed by atoms with E-state index in [4.69, 9.17) is 12.2 Å². The maximum Gasteiger partial charge on any atom is 0.265 e. The van der Waals surface area contributed by atoms with Crippen molar-refractivity contribution in [2.45, 2.75) is 13.8 Å². The van der Waals surface area contributed by atoms with Crippen LogP contribution in [0, 0.1) is 13.8 Å². The van der Waals surface area contributed by atoms with Crippen molar-refractivity contribution in [1.29, 1.82) is 0 Å². The van der Waals surface area contributed by atoms with Crippen molar-refractivity contribution >= 4 is 35.2 Å². The average molecular weight is 303 g/mol. The third-order valence-electron chi connectivity index (χ3n) is 3.61. The molecule has 0 aliphatic carbocycles. The molecule has 5 nitrogen and oxygen atoms in total.